The van der Waals surface area contributed by atoms with E-state index in [1.165, 1.54) is 10.7 Å². The zero-order valence-electron chi connectivity index (χ0n) is 16.6. The Hall–Kier alpha value is -3.73. The van der Waals surface area contributed by atoms with Gasteiger partial charge in [0, 0.05) is 24.0 Å². The van der Waals surface area contributed by atoms with Crippen molar-refractivity contribution in [2.24, 2.45) is 0 Å². The van der Waals surface area contributed by atoms with Crippen molar-refractivity contribution in [1.82, 2.24) is 30.1 Å². The zero-order valence-corrected chi connectivity index (χ0v) is 16.6. The first-order chi connectivity index (χ1) is 15.4. The molecular weight excluding hydrogens is 425 g/mol. The predicted octanol–water partition coefficient (Wildman–Crippen LogP) is 3.30. The molecule has 0 spiro atoms. The molecule has 1 fully saturated rings. The van der Waals surface area contributed by atoms with Crippen molar-refractivity contribution in [1.29, 1.82) is 0 Å². The number of morpholine rings is 1. The van der Waals surface area contributed by atoms with Crippen LogP contribution in [0.3, 0.4) is 0 Å². The van der Waals surface area contributed by atoms with Crippen LogP contribution in [0, 0.1) is 0 Å². The summed E-state index contributed by atoms with van der Waals surface area (Å²) in [5, 5.41) is 15.4. The molecular formula is C21H17F3N6O2. The van der Waals surface area contributed by atoms with E-state index in [1.54, 1.807) is 35.4 Å². The van der Waals surface area contributed by atoms with E-state index in [2.05, 4.69) is 20.5 Å². The van der Waals surface area contributed by atoms with Gasteiger partial charge in [-0.3, -0.25) is 9.89 Å². The highest BCUT2D eigenvalue weighted by atomic mass is 19.4. The summed E-state index contributed by atoms with van der Waals surface area (Å²) in [6.45, 7) is 2.19. The van der Waals surface area contributed by atoms with Crippen LogP contribution in [0.15, 0.2) is 48.7 Å². The summed E-state index contributed by atoms with van der Waals surface area (Å²) in [5.74, 6) is -0.0552. The van der Waals surface area contributed by atoms with Crippen molar-refractivity contribution in [3.63, 3.8) is 0 Å². The predicted molar refractivity (Wildman–Crippen MR) is 108 cm³/mol. The molecule has 0 unspecified atom stereocenters. The van der Waals surface area contributed by atoms with Gasteiger partial charge in [-0.15, -0.1) is 5.10 Å². The third-order valence-electron chi connectivity index (χ3n) is 5.30. The Kier molecular flexibility index (Phi) is 4.89. The number of rotatable bonds is 3. The fraction of sp³-hybridized carbons (Fsp3) is 0.238. The molecule has 2 aromatic heterocycles. The highest BCUT2D eigenvalue weighted by Gasteiger charge is 2.31. The van der Waals surface area contributed by atoms with Crippen LogP contribution < -0.4 is 0 Å². The molecule has 1 amide bonds. The lowest BCUT2D eigenvalue weighted by Crippen LogP contribution is -2.40. The summed E-state index contributed by atoms with van der Waals surface area (Å²) < 4.78 is 45.6. The Morgan fingerprint density at radius 3 is 2.53 bits per heavy atom. The number of alkyl halides is 3. The number of H-pyrrole nitrogens is 1. The molecule has 1 aliphatic rings. The van der Waals surface area contributed by atoms with Gasteiger partial charge in [0.05, 0.1) is 36.2 Å². The summed E-state index contributed by atoms with van der Waals surface area (Å²) in [6, 6.07) is 10.3. The van der Waals surface area contributed by atoms with Crippen molar-refractivity contribution in [2.45, 2.75) is 6.18 Å². The monoisotopic (exact) mass is 442 g/mol. The smallest absolute Gasteiger partial charge is 0.378 e. The van der Waals surface area contributed by atoms with Gasteiger partial charge in [0.1, 0.15) is 11.4 Å². The lowest BCUT2D eigenvalue weighted by atomic mass is 10.1. The molecule has 0 atom stereocenters. The average Bonchev–Trinajstić information content (AvgIpc) is 3.45. The van der Waals surface area contributed by atoms with E-state index in [0.29, 0.717) is 54.3 Å². The number of benzene rings is 2. The largest absolute Gasteiger partial charge is 0.416 e. The number of nitrogens with zero attached hydrogens (tertiary/aromatic N) is 5. The molecule has 0 saturated carbocycles. The van der Waals surface area contributed by atoms with Crippen molar-refractivity contribution < 1.29 is 22.7 Å². The number of amides is 1. The average molecular weight is 442 g/mol. The first kappa shape index (κ1) is 20.2. The van der Waals surface area contributed by atoms with E-state index in [-0.39, 0.29) is 11.4 Å². The fourth-order valence-electron chi connectivity index (χ4n) is 3.60. The molecule has 0 radical (unpaired) electrons. The van der Waals surface area contributed by atoms with Crippen LogP contribution in [-0.4, -0.2) is 62.3 Å². The lowest BCUT2D eigenvalue weighted by Gasteiger charge is -2.26. The van der Waals surface area contributed by atoms with Crippen LogP contribution >= 0.6 is 0 Å². The molecule has 32 heavy (non-hydrogen) atoms. The third-order valence-corrected chi connectivity index (χ3v) is 5.30. The second-order valence-corrected chi connectivity index (χ2v) is 7.33. The summed E-state index contributed by atoms with van der Waals surface area (Å²) in [6.07, 6.45) is -2.80. The number of aromatic amines is 1. The van der Waals surface area contributed by atoms with Gasteiger partial charge in [0.15, 0.2) is 0 Å². The van der Waals surface area contributed by atoms with Crippen molar-refractivity contribution in [2.75, 3.05) is 26.3 Å². The van der Waals surface area contributed by atoms with E-state index in [0.717, 1.165) is 12.1 Å². The van der Waals surface area contributed by atoms with Gasteiger partial charge in [0.25, 0.3) is 5.91 Å². The summed E-state index contributed by atoms with van der Waals surface area (Å²) >= 11 is 0. The summed E-state index contributed by atoms with van der Waals surface area (Å²) in [5.41, 5.74) is 1.56. The van der Waals surface area contributed by atoms with Gasteiger partial charge >= 0.3 is 6.18 Å². The molecule has 8 nitrogen and oxygen atoms in total. The molecule has 4 aromatic rings. The maximum absolute atomic E-state index is 12.9. The highest BCUT2D eigenvalue weighted by Crippen LogP contribution is 2.33. The Morgan fingerprint density at radius 1 is 1.06 bits per heavy atom. The van der Waals surface area contributed by atoms with Gasteiger partial charge in [0.2, 0.25) is 0 Å². The van der Waals surface area contributed by atoms with Gasteiger partial charge in [-0.2, -0.15) is 18.3 Å². The Morgan fingerprint density at radius 2 is 1.81 bits per heavy atom. The minimum Gasteiger partial charge on any atom is -0.378 e. The number of aromatic nitrogens is 5. The third kappa shape index (κ3) is 3.71. The Bertz CT molecular complexity index is 1270. The molecule has 11 heteroatoms. The maximum atomic E-state index is 12.9. The van der Waals surface area contributed by atoms with Gasteiger partial charge in [-0.1, -0.05) is 5.21 Å². The molecule has 0 bridgehead atoms. The number of hydrogen-bond donors (Lipinski definition) is 1. The normalized spacial score (nSPS) is 14.8. The topological polar surface area (TPSA) is 88.9 Å². The number of fused-ring (bicyclic) bond motifs is 1. The van der Waals surface area contributed by atoms with Crippen molar-refractivity contribution >= 4 is 16.8 Å². The number of halogens is 3. The molecule has 1 N–H and O–H groups in total. The quantitative estimate of drug-likeness (QED) is 0.526. The summed E-state index contributed by atoms with van der Waals surface area (Å²) in [7, 11) is 0. The van der Waals surface area contributed by atoms with Gasteiger partial charge in [-0.05, 0) is 42.5 Å². The second kappa shape index (κ2) is 7.75. The number of carbonyl (C=O) groups is 1. The number of ether oxygens (including phenoxy) is 1. The van der Waals surface area contributed by atoms with Gasteiger partial charge in [-0.25, -0.2) is 4.68 Å². The number of nitrogens with one attached hydrogen (secondary N) is 1. The molecule has 5 rings (SSSR count). The van der Waals surface area contributed by atoms with Crippen LogP contribution in [0.2, 0.25) is 0 Å². The lowest BCUT2D eigenvalue weighted by molar-refractivity contribution is -0.137. The molecule has 2 aromatic carbocycles. The van der Waals surface area contributed by atoms with Crippen LogP contribution in [0.5, 0.6) is 0 Å². The number of carbonyl (C=O) groups excluding carboxylic acids is 1. The Labute approximate surface area is 179 Å². The van der Waals surface area contributed by atoms with Crippen LogP contribution in [0.25, 0.3) is 28.0 Å². The van der Waals surface area contributed by atoms with E-state index in [9.17, 15) is 18.0 Å². The maximum Gasteiger partial charge on any atom is 0.416 e. The van der Waals surface area contributed by atoms with Crippen LogP contribution in [-0.2, 0) is 10.9 Å². The zero-order chi connectivity index (χ0) is 22.3. The highest BCUT2D eigenvalue weighted by molar-refractivity contribution is 5.94. The Balaban J connectivity index is 1.38. The van der Waals surface area contributed by atoms with Crippen LogP contribution in [0.4, 0.5) is 13.2 Å². The second-order valence-electron chi connectivity index (χ2n) is 7.33. The molecule has 164 valence electrons. The first-order valence-corrected chi connectivity index (χ1v) is 9.86. The van der Waals surface area contributed by atoms with Crippen molar-refractivity contribution in [3.8, 4) is 17.1 Å². The van der Waals surface area contributed by atoms with E-state index < -0.39 is 11.7 Å². The van der Waals surface area contributed by atoms with E-state index in [4.69, 9.17) is 4.74 Å². The van der Waals surface area contributed by atoms with Crippen molar-refractivity contribution in [3.05, 3.63) is 59.8 Å². The first-order valence-electron chi connectivity index (χ1n) is 9.86. The molecule has 0 aliphatic carbocycles. The molecule has 1 aliphatic heterocycles. The SMILES string of the molecule is O=C(c1ccc(-n2cc(-c3n[nH]c4cc(C(F)(F)F)ccc34)nn2)cc1)N1CCOCC1. The van der Waals surface area contributed by atoms with Crippen LogP contribution in [0.1, 0.15) is 15.9 Å². The van der Waals surface area contributed by atoms with Gasteiger partial charge < -0.3 is 9.64 Å². The molecule has 1 saturated heterocycles. The standard InChI is InChI=1S/C21H17F3N6O2/c22-21(23,24)14-3-6-16-17(11-14)25-27-19(16)18-12-30(28-26-18)15-4-1-13(2-5-15)20(31)29-7-9-32-10-8-29/h1-6,11-12H,7-10H2,(H,25,27). The fourth-order valence-corrected chi connectivity index (χ4v) is 3.60. The number of hydrogen-bond acceptors (Lipinski definition) is 5. The molecule has 3 heterocycles. The van der Waals surface area contributed by atoms with E-state index >= 15 is 0 Å². The minimum absolute atomic E-state index is 0.0552. The van der Waals surface area contributed by atoms with E-state index in [1.807, 2.05) is 0 Å². The minimum atomic E-state index is -4.43. The summed E-state index contributed by atoms with van der Waals surface area (Å²) in [4.78, 5) is 14.3.